The molecule has 5 rings (SSSR count). The first-order valence-corrected chi connectivity index (χ1v) is 13.6. The number of nitrogens with one attached hydrogen (secondary N) is 2. The molecule has 0 fully saturated rings. The summed E-state index contributed by atoms with van der Waals surface area (Å²) in [6.07, 6.45) is 0.940. The van der Waals surface area contributed by atoms with Crippen molar-refractivity contribution in [3.8, 4) is 0 Å². The normalized spacial score (nSPS) is 11.5. The summed E-state index contributed by atoms with van der Waals surface area (Å²) < 4.78 is 27.7. The monoisotopic (exact) mass is 549 g/mol. The zero-order chi connectivity index (χ0) is 26.0. The smallest absolute Gasteiger partial charge is 0.265 e. The van der Waals surface area contributed by atoms with Gasteiger partial charge in [0.15, 0.2) is 0 Å². The van der Waals surface area contributed by atoms with Gasteiger partial charge in [-0.1, -0.05) is 77.8 Å². The van der Waals surface area contributed by atoms with Crippen LogP contribution in [0.3, 0.4) is 0 Å². The summed E-state index contributed by atoms with van der Waals surface area (Å²) in [5, 5.41) is 1.00. The summed E-state index contributed by atoms with van der Waals surface area (Å²) in [4.78, 5) is 21.2. The van der Waals surface area contributed by atoms with Gasteiger partial charge < -0.3 is 4.98 Å². The van der Waals surface area contributed by atoms with E-state index in [1.807, 2.05) is 36.4 Å². The van der Waals surface area contributed by atoms with Gasteiger partial charge in [-0.15, -0.1) is 0 Å². The van der Waals surface area contributed by atoms with Gasteiger partial charge in [0.25, 0.3) is 15.9 Å². The highest BCUT2D eigenvalue weighted by Crippen LogP contribution is 2.28. The number of benzene rings is 4. The van der Waals surface area contributed by atoms with Crippen molar-refractivity contribution in [1.82, 2.24) is 14.7 Å². The molecule has 4 aromatic carbocycles. The molecule has 1 amide bonds. The lowest BCUT2D eigenvalue weighted by atomic mass is 10.0. The van der Waals surface area contributed by atoms with Crippen LogP contribution in [0.4, 0.5) is 0 Å². The summed E-state index contributed by atoms with van der Waals surface area (Å²) in [6, 6.07) is 26.1. The second-order valence-electron chi connectivity index (χ2n) is 8.54. The molecule has 5 aromatic rings. The largest absolute Gasteiger partial charge is 0.342 e. The fourth-order valence-corrected chi connectivity index (χ4v) is 5.56. The number of aromatic amines is 1. The Morgan fingerprint density at radius 2 is 1.54 bits per heavy atom. The predicted molar refractivity (Wildman–Crippen MR) is 146 cm³/mol. The molecular weight excluding hydrogens is 529 g/mol. The first-order chi connectivity index (χ1) is 17.8. The molecule has 1 heterocycles. The number of nitrogens with zero attached hydrogens (tertiary/aromatic N) is 1. The standard InChI is InChI=1S/C28H21Cl2N3O3S/c29-22-12-11-19(24(30)17-22)14-20-15-21(28(34)33-37(35,36)23-9-5-2-6-10-23)16-25-27(20)32-26(31-25)13-18-7-3-1-4-8-18/h1-12,15-17H,13-14H2,(H,31,32)(H,33,34). The number of halogens is 2. The fourth-order valence-electron chi connectivity index (χ4n) is 4.09. The summed E-state index contributed by atoms with van der Waals surface area (Å²) >= 11 is 12.5. The van der Waals surface area contributed by atoms with Crippen molar-refractivity contribution in [1.29, 1.82) is 0 Å². The van der Waals surface area contributed by atoms with Crippen molar-refractivity contribution < 1.29 is 13.2 Å². The number of aromatic nitrogens is 2. The van der Waals surface area contributed by atoms with E-state index in [0.29, 0.717) is 33.9 Å². The highest BCUT2D eigenvalue weighted by molar-refractivity contribution is 7.90. The molecule has 37 heavy (non-hydrogen) atoms. The van der Waals surface area contributed by atoms with Crippen molar-refractivity contribution in [3.05, 3.63) is 129 Å². The fraction of sp³-hybridized carbons (Fsp3) is 0.0714. The Bertz CT molecular complexity index is 1700. The number of carbonyl (C=O) groups is 1. The number of hydrogen-bond acceptors (Lipinski definition) is 4. The van der Waals surface area contributed by atoms with Gasteiger partial charge in [0.1, 0.15) is 5.82 Å². The van der Waals surface area contributed by atoms with Crippen LogP contribution in [-0.2, 0) is 22.9 Å². The summed E-state index contributed by atoms with van der Waals surface area (Å²) in [5.41, 5.74) is 4.09. The molecule has 186 valence electrons. The van der Waals surface area contributed by atoms with Gasteiger partial charge >= 0.3 is 0 Å². The molecule has 9 heteroatoms. The number of rotatable bonds is 7. The minimum absolute atomic E-state index is 0.00397. The molecule has 0 spiro atoms. The lowest BCUT2D eigenvalue weighted by molar-refractivity contribution is 0.0981. The molecule has 0 atom stereocenters. The number of hydrogen-bond donors (Lipinski definition) is 2. The lowest BCUT2D eigenvalue weighted by Gasteiger charge is -2.10. The Morgan fingerprint density at radius 3 is 2.24 bits per heavy atom. The van der Waals surface area contributed by atoms with Gasteiger partial charge in [-0.05, 0) is 53.1 Å². The number of fused-ring (bicyclic) bond motifs is 1. The van der Waals surface area contributed by atoms with E-state index < -0.39 is 15.9 Å². The topological polar surface area (TPSA) is 91.9 Å². The average molecular weight is 550 g/mol. The van der Waals surface area contributed by atoms with E-state index in [2.05, 4.69) is 9.71 Å². The van der Waals surface area contributed by atoms with Gasteiger partial charge in [-0.25, -0.2) is 18.1 Å². The maximum atomic E-state index is 13.1. The van der Waals surface area contributed by atoms with Gasteiger partial charge in [0.05, 0.1) is 15.9 Å². The molecule has 6 nitrogen and oxygen atoms in total. The molecule has 0 radical (unpaired) electrons. The van der Waals surface area contributed by atoms with Crippen molar-refractivity contribution in [2.75, 3.05) is 0 Å². The quantitative estimate of drug-likeness (QED) is 0.254. The van der Waals surface area contributed by atoms with E-state index in [1.165, 1.54) is 12.1 Å². The minimum atomic E-state index is -4.04. The van der Waals surface area contributed by atoms with Gasteiger partial charge in [-0.2, -0.15) is 0 Å². The zero-order valence-corrected chi connectivity index (χ0v) is 21.7. The van der Waals surface area contributed by atoms with Crippen LogP contribution in [-0.4, -0.2) is 24.3 Å². The van der Waals surface area contributed by atoms with Gasteiger partial charge in [-0.3, -0.25) is 4.79 Å². The number of sulfonamides is 1. The molecule has 0 aliphatic carbocycles. The molecule has 2 N–H and O–H groups in total. The van der Waals surface area contributed by atoms with E-state index in [4.69, 9.17) is 28.2 Å². The van der Waals surface area contributed by atoms with Crippen molar-refractivity contribution >= 4 is 50.2 Å². The predicted octanol–water partition coefficient (Wildman–Crippen LogP) is 6.17. The van der Waals surface area contributed by atoms with Crippen LogP contribution in [0.1, 0.15) is 32.9 Å². The van der Waals surface area contributed by atoms with Crippen LogP contribution in [0.2, 0.25) is 10.0 Å². The molecule has 0 saturated heterocycles. The SMILES string of the molecule is O=C(NS(=O)(=O)c1ccccc1)c1cc(Cc2ccc(Cl)cc2Cl)c2nc(Cc3ccccc3)[nH]c2c1. The highest BCUT2D eigenvalue weighted by atomic mass is 35.5. The summed E-state index contributed by atoms with van der Waals surface area (Å²) in [5.74, 6) is -0.0208. The molecule has 1 aromatic heterocycles. The van der Waals surface area contributed by atoms with E-state index in [0.717, 1.165) is 22.5 Å². The Balaban J connectivity index is 1.55. The molecule has 0 aliphatic rings. The summed E-state index contributed by atoms with van der Waals surface area (Å²) in [6.45, 7) is 0. The highest BCUT2D eigenvalue weighted by Gasteiger charge is 2.21. The van der Waals surface area contributed by atoms with E-state index in [-0.39, 0.29) is 10.5 Å². The van der Waals surface area contributed by atoms with Crippen molar-refractivity contribution in [2.24, 2.45) is 0 Å². The molecular formula is C28H21Cl2N3O3S. The van der Waals surface area contributed by atoms with E-state index in [1.54, 1.807) is 42.5 Å². The molecule has 0 bridgehead atoms. The Kier molecular flexibility index (Phi) is 7.02. The number of imidazole rings is 1. The second-order valence-corrected chi connectivity index (χ2v) is 11.1. The van der Waals surface area contributed by atoms with Crippen molar-refractivity contribution in [3.63, 3.8) is 0 Å². The molecule has 0 aliphatic heterocycles. The third-order valence-electron chi connectivity index (χ3n) is 5.87. The van der Waals surface area contributed by atoms with Crippen LogP contribution in [0.25, 0.3) is 11.0 Å². The maximum Gasteiger partial charge on any atom is 0.265 e. The van der Waals surface area contributed by atoms with Crippen LogP contribution < -0.4 is 4.72 Å². The van der Waals surface area contributed by atoms with Crippen LogP contribution in [0.15, 0.2) is 95.9 Å². The van der Waals surface area contributed by atoms with Crippen molar-refractivity contribution in [2.45, 2.75) is 17.7 Å². The minimum Gasteiger partial charge on any atom is -0.342 e. The van der Waals surface area contributed by atoms with Gasteiger partial charge in [0.2, 0.25) is 0 Å². The summed E-state index contributed by atoms with van der Waals surface area (Å²) in [7, 11) is -4.04. The number of amides is 1. The Labute approximate surface area is 224 Å². The molecule has 0 saturated carbocycles. The van der Waals surface area contributed by atoms with E-state index in [9.17, 15) is 13.2 Å². The first kappa shape index (κ1) is 25.0. The average Bonchev–Trinajstić information content (AvgIpc) is 3.29. The number of carbonyl (C=O) groups excluding carboxylic acids is 1. The first-order valence-electron chi connectivity index (χ1n) is 11.4. The third kappa shape index (κ3) is 5.69. The zero-order valence-electron chi connectivity index (χ0n) is 19.4. The lowest BCUT2D eigenvalue weighted by Crippen LogP contribution is -2.30. The van der Waals surface area contributed by atoms with Crippen LogP contribution in [0.5, 0.6) is 0 Å². The van der Waals surface area contributed by atoms with Crippen LogP contribution >= 0.6 is 23.2 Å². The Morgan fingerprint density at radius 1 is 0.838 bits per heavy atom. The molecule has 0 unspecified atom stereocenters. The Hall–Kier alpha value is -3.65. The van der Waals surface area contributed by atoms with Gasteiger partial charge in [0, 0.05) is 28.5 Å². The maximum absolute atomic E-state index is 13.1. The second kappa shape index (κ2) is 10.4. The van der Waals surface area contributed by atoms with Crippen LogP contribution in [0, 0.1) is 0 Å². The van der Waals surface area contributed by atoms with E-state index >= 15 is 0 Å². The number of H-pyrrole nitrogens is 1. The third-order valence-corrected chi connectivity index (χ3v) is 7.80.